The molecule has 0 bridgehead atoms. The van der Waals surface area contributed by atoms with Crippen molar-refractivity contribution in [1.29, 1.82) is 0 Å². The molecule has 1 amide bonds. The first-order valence-corrected chi connectivity index (χ1v) is 11.1. The fourth-order valence-corrected chi connectivity index (χ4v) is 5.26. The van der Waals surface area contributed by atoms with Gasteiger partial charge >= 0.3 is 0 Å². The lowest BCUT2D eigenvalue weighted by Gasteiger charge is -2.23. The van der Waals surface area contributed by atoms with Gasteiger partial charge in [-0.05, 0) is 56.0 Å². The molecule has 2 aromatic carbocycles. The number of benzene rings is 2. The van der Waals surface area contributed by atoms with Gasteiger partial charge in [-0.15, -0.1) is 11.3 Å². The molecule has 2 fully saturated rings. The van der Waals surface area contributed by atoms with Gasteiger partial charge in [0.1, 0.15) is 17.4 Å². The molecular weight excluding hydrogens is 384 g/mol. The van der Waals surface area contributed by atoms with E-state index in [4.69, 9.17) is 14.5 Å². The zero-order valence-corrected chi connectivity index (χ0v) is 17.1. The largest absolute Gasteiger partial charge is 0.491 e. The SMILES string of the molecule is O=C(c1cccc(OCC2CCCO2)c1)N1CCCC1c1nc2ccccc2s1. The Bertz CT molecular complexity index is 979. The van der Waals surface area contributed by atoms with Crippen LogP contribution in [0.5, 0.6) is 5.75 Å². The van der Waals surface area contributed by atoms with Crippen LogP contribution in [-0.4, -0.2) is 41.7 Å². The average Bonchev–Trinajstić information content (AvgIpc) is 3.51. The number of fused-ring (bicyclic) bond motifs is 1. The zero-order chi connectivity index (χ0) is 19.6. The monoisotopic (exact) mass is 408 g/mol. The van der Waals surface area contributed by atoms with E-state index in [2.05, 4.69) is 6.07 Å². The molecule has 2 aliphatic heterocycles. The van der Waals surface area contributed by atoms with Gasteiger partial charge in [-0.2, -0.15) is 0 Å². The molecule has 6 heteroatoms. The van der Waals surface area contributed by atoms with Crippen LogP contribution in [0.25, 0.3) is 10.2 Å². The van der Waals surface area contributed by atoms with Gasteiger partial charge in [0.25, 0.3) is 5.91 Å². The summed E-state index contributed by atoms with van der Waals surface area (Å²) in [6.07, 6.45) is 4.25. The van der Waals surface area contributed by atoms with Crippen molar-refractivity contribution in [3.63, 3.8) is 0 Å². The van der Waals surface area contributed by atoms with Gasteiger partial charge in [-0.1, -0.05) is 18.2 Å². The van der Waals surface area contributed by atoms with Gasteiger partial charge in [0.05, 0.1) is 22.4 Å². The van der Waals surface area contributed by atoms with Crippen molar-refractivity contribution in [2.24, 2.45) is 0 Å². The Hall–Kier alpha value is -2.44. The maximum Gasteiger partial charge on any atom is 0.254 e. The molecule has 0 aliphatic carbocycles. The van der Waals surface area contributed by atoms with Crippen molar-refractivity contribution in [1.82, 2.24) is 9.88 Å². The first-order chi connectivity index (χ1) is 14.3. The summed E-state index contributed by atoms with van der Waals surface area (Å²) in [5.74, 6) is 0.774. The van der Waals surface area contributed by atoms with Gasteiger partial charge in [-0.3, -0.25) is 4.79 Å². The molecule has 0 N–H and O–H groups in total. The second kappa shape index (κ2) is 8.13. The van der Waals surface area contributed by atoms with Gasteiger partial charge in [0.2, 0.25) is 0 Å². The molecule has 3 aromatic rings. The Morgan fingerprint density at radius 1 is 1.17 bits per heavy atom. The van der Waals surface area contributed by atoms with E-state index < -0.39 is 0 Å². The zero-order valence-electron chi connectivity index (χ0n) is 16.3. The second-order valence-electron chi connectivity index (χ2n) is 7.65. The van der Waals surface area contributed by atoms with E-state index in [9.17, 15) is 4.79 Å². The lowest BCUT2D eigenvalue weighted by Crippen LogP contribution is -2.30. The summed E-state index contributed by atoms with van der Waals surface area (Å²) < 4.78 is 12.7. The molecule has 2 aliphatic rings. The Morgan fingerprint density at radius 3 is 2.97 bits per heavy atom. The van der Waals surface area contributed by atoms with Gasteiger partial charge in [0.15, 0.2) is 0 Å². The van der Waals surface area contributed by atoms with Crippen molar-refractivity contribution in [3.05, 3.63) is 59.1 Å². The average molecular weight is 409 g/mol. The summed E-state index contributed by atoms with van der Waals surface area (Å²) in [5.41, 5.74) is 1.68. The number of hydrogen-bond donors (Lipinski definition) is 0. The first kappa shape index (κ1) is 18.6. The molecule has 5 nitrogen and oxygen atoms in total. The third kappa shape index (κ3) is 3.87. The van der Waals surface area contributed by atoms with Crippen LogP contribution < -0.4 is 4.74 Å². The molecule has 29 heavy (non-hydrogen) atoms. The molecule has 0 spiro atoms. The molecular formula is C23H24N2O3S. The molecule has 2 atom stereocenters. The number of thiazole rings is 1. The molecule has 3 heterocycles. The number of likely N-dealkylation sites (tertiary alicyclic amines) is 1. The summed E-state index contributed by atoms with van der Waals surface area (Å²) >= 11 is 1.69. The van der Waals surface area contributed by atoms with Crippen LogP contribution in [0.2, 0.25) is 0 Å². The molecule has 2 unspecified atom stereocenters. The van der Waals surface area contributed by atoms with Crippen molar-refractivity contribution >= 4 is 27.5 Å². The van der Waals surface area contributed by atoms with Crippen LogP contribution >= 0.6 is 11.3 Å². The molecule has 0 saturated carbocycles. The Balaban J connectivity index is 1.33. The van der Waals surface area contributed by atoms with Crippen LogP contribution in [0, 0.1) is 0 Å². The number of para-hydroxylation sites is 1. The van der Waals surface area contributed by atoms with E-state index >= 15 is 0 Å². The van der Waals surface area contributed by atoms with Crippen LogP contribution in [0.4, 0.5) is 0 Å². The summed E-state index contributed by atoms with van der Waals surface area (Å²) in [4.78, 5) is 20.0. The Morgan fingerprint density at radius 2 is 2.10 bits per heavy atom. The summed E-state index contributed by atoms with van der Waals surface area (Å²) in [6.45, 7) is 2.12. The lowest BCUT2D eigenvalue weighted by atomic mass is 10.1. The molecule has 1 aromatic heterocycles. The predicted octanol–water partition coefficient (Wildman–Crippen LogP) is 4.83. The number of hydrogen-bond acceptors (Lipinski definition) is 5. The maximum absolute atomic E-state index is 13.3. The van der Waals surface area contributed by atoms with E-state index in [1.165, 1.54) is 4.70 Å². The van der Waals surface area contributed by atoms with Crippen LogP contribution in [0.1, 0.15) is 47.1 Å². The third-order valence-corrected chi connectivity index (χ3v) is 6.79. The van der Waals surface area contributed by atoms with Crippen molar-refractivity contribution in [3.8, 4) is 5.75 Å². The molecule has 5 rings (SSSR count). The highest BCUT2D eigenvalue weighted by Crippen LogP contribution is 2.37. The van der Waals surface area contributed by atoms with E-state index in [-0.39, 0.29) is 18.1 Å². The van der Waals surface area contributed by atoms with E-state index in [1.54, 1.807) is 11.3 Å². The molecule has 2 saturated heterocycles. The van der Waals surface area contributed by atoms with Gasteiger partial charge in [-0.25, -0.2) is 4.98 Å². The minimum absolute atomic E-state index is 0.0503. The highest BCUT2D eigenvalue weighted by Gasteiger charge is 2.33. The first-order valence-electron chi connectivity index (χ1n) is 10.3. The molecule has 0 radical (unpaired) electrons. The summed E-state index contributed by atoms with van der Waals surface area (Å²) in [6, 6.07) is 15.7. The summed E-state index contributed by atoms with van der Waals surface area (Å²) in [5, 5.41) is 1.03. The fourth-order valence-electron chi connectivity index (χ4n) is 4.15. The fraction of sp³-hybridized carbons (Fsp3) is 0.391. The predicted molar refractivity (Wildman–Crippen MR) is 114 cm³/mol. The number of nitrogens with zero attached hydrogens (tertiary/aromatic N) is 2. The minimum atomic E-state index is 0.0503. The van der Waals surface area contributed by atoms with E-state index in [0.717, 1.165) is 55.1 Å². The topological polar surface area (TPSA) is 51.7 Å². The van der Waals surface area contributed by atoms with E-state index in [1.807, 2.05) is 47.4 Å². The highest BCUT2D eigenvalue weighted by atomic mass is 32.1. The lowest BCUT2D eigenvalue weighted by molar-refractivity contribution is 0.0676. The van der Waals surface area contributed by atoms with Gasteiger partial charge < -0.3 is 14.4 Å². The number of aromatic nitrogens is 1. The quantitative estimate of drug-likeness (QED) is 0.607. The van der Waals surface area contributed by atoms with Crippen LogP contribution in [-0.2, 0) is 4.74 Å². The summed E-state index contributed by atoms with van der Waals surface area (Å²) in [7, 11) is 0. The number of ether oxygens (including phenoxy) is 2. The number of carbonyl (C=O) groups excluding carboxylic acids is 1. The Labute approximate surface area is 174 Å². The van der Waals surface area contributed by atoms with Crippen molar-refractivity contribution < 1.29 is 14.3 Å². The highest BCUT2D eigenvalue weighted by molar-refractivity contribution is 7.18. The Kier molecular flexibility index (Phi) is 5.21. The van der Waals surface area contributed by atoms with Crippen molar-refractivity contribution in [2.45, 2.75) is 37.8 Å². The maximum atomic E-state index is 13.3. The van der Waals surface area contributed by atoms with Crippen LogP contribution in [0.3, 0.4) is 0 Å². The smallest absolute Gasteiger partial charge is 0.254 e. The molecule has 150 valence electrons. The number of rotatable bonds is 5. The minimum Gasteiger partial charge on any atom is -0.491 e. The van der Waals surface area contributed by atoms with Crippen molar-refractivity contribution in [2.75, 3.05) is 19.8 Å². The van der Waals surface area contributed by atoms with E-state index in [0.29, 0.717) is 12.2 Å². The normalized spacial score (nSPS) is 21.7. The van der Waals surface area contributed by atoms with Crippen LogP contribution in [0.15, 0.2) is 48.5 Å². The third-order valence-electron chi connectivity index (χ3n) is 5.65. The second-order valence-corrected chi connectivity index (χ2v) is 8.71. The van der Waals surface area contributed by atoms with Gasteiger partial charge in [0, 0.05) is 18.7 Å². The number of carbonyl (C=O) groups is 1. The standard InChI is InChI=1S/C23H24N2O3S/c26-23(16-6-3-7-17(14-16)28-15-18-8-5-13-27-18)25-12-4-10-20(25)22-24-19-9-1-2-11-21(19)29-22/h1-3,6-7,9,11,14,18,20H,4-5,8,10,12-13,15H2. The number of amides is 1.